The van der Waals surface area contributed by atoms with Gasteiger partial charge in [-0.1, -0.05) is 27.7 Å². The Kier molecular flexibility index (Phi) is 2.65. The van der Waals surface area contributed by atoms with Gasteiger partial charge in [0.2, 0.25) is 0 Å². The second-order valence-corrected chi connectivity index (χ2v) is 6.25. The summed E-state index contributed by atoms with van der Waals surface area (Å²) in [5.74, 6) is -0.0871. The second kappa shape index (κ2) is 3.70. The summed E-state index contributed by atoms with van der Waals surface area (Å²) in [6, 6.07) is 1.87. The predicted molar refractivity (Wildman–Crippen MR) is 72.2 cm³/mol. The number of pyridine rings is 1. The summed E-state index contributed by atoms with van der Waals surface area (Å²) in [6.45, 7) is 10.5. The van der Waals surface area contributed by atoms with Crippen molar-refractivity contribution in [2.75, 3.05) is 5.73 Å². The van der Waals surface area contributed by atoms with Crippen molar-refractivity contribution in [2.45, 2.75) is 40.7 Å². The van der Waals surface area contributed by atoms with Crippen LogP contribution < -0.4 is 11.1 Å². The molecular weight excluding hydrogens is 226 g/mol. The minimum atomic E-state index is -0.0871. The van der Waals surface area contributed by atoms with Crippen molar-refractivity contribution in [3.05, 3.63) is 23.5 Å². The fourth-order valence-corrected chi connectivity index (χ4v) is 2.55. The lowest BCUT2D eigenvalue weighted by Gasteiger charge is -2.09. The molecule has 0 radical (unpaired) electrons. The van der Waals surface area contributed by atoms with Gasteiger partial charge in [0.25, 0.3) is 5.91 Å². The van der Waals surface area contributed by atoms with Crippen LogP contribution in [0.25, 0.3) is 0 Å². The van der Waals surface area contributed by atoms with Gasteiger partial charge in [-0.25, -0.2) is 0 Å². The monoisotopic (exact) mass is 247 g/mol. The number of nitrogen functional groups attached to an aromatic ring is 1. The highest BCUT2D eigenvalue weighted by Gasteiger charge is 2.65. The summed E-state index contributed by atoms with van der Waals surface area (Å²) in [5, 5.41) is 3.08. The van der Waals surface area contributed by atoms with Gasteiger partial charge in [-0.15, -0.1) is 0 Å². The Morgan fingerprint density at radius 1 is 1.33 bits per heavy atom. The number of aryl methyl sites for hydroxylation is 1. The van der Waals surface area contributed by atoms with Crippen molar-refractivity contribution in [3.8, 4) is 0 Å². The molecule has 1 heterocycles. The molecule has 0 aliphatic heterocycles. The van der Waals surface area contributed by atoms with Crippen molar-refractivity contribution < 1.29 is 4.79 Å². The quantitative estimate of drug-likeness (QED) is 0.841. The van der Waals surface area contributed by atoms with Gasteiger partial charge in [-0.05, 0) is 23.8 Å². The third-order valence-electron chi connectivity index (χ3n) is 4.65. The number of anilines is 1. The molecule has 4 nitrogen and oxygen atoms in total. The first kappa shape index (κ1) is 12.9. The number of aromatic nitrogens is 1. The molecule has 18 heavy (non-hydrogen) atoms. The minimum Gasteiger partial charge on any atom is -0.397 e. The maximum atomic E-state index is 12.2. The van der Waals surface area contributed by atoms with E-state index in [4.69, 9.17) is 5.73 Å². The highest BCUT2D eigenvalue weighted by atomic mass is 16.1. The number of rotatable bonds is 2. The molecule has 4 heteroatoms. The first-order valence-electron chi connectivity index (χ1n) is 6.21. The van der Waals surface area contributed by atoms with E-state index < -0.39 is 0 Å². The average Bonchev–Trinajstić information content (AvgIpc) is 2.64. The summed E-state index contributed by atoms with van der Waals surface area (Å²) in [7, 11) is 0. The molecule has 1 amide bonds. The second-order valence-electron chi connectivity index (χ2n) is 6.25. The number of hydrogen-bond donors (Lipinski definition) is 2. The van der Waals surface area contributed by atoms with E-state index in [1.54, 1.807) is 12.3 Å². The molecule has 1 aliphatic rings. The van der Waals surface area contributed by atoms with Crippen molar-refractivity contribution in [2.24, 2.45) is 10.8 Å². The summed E-state index contributed by atoms with van der Waals surface area (Å²) < 4.78 is 0. The van der Waals surface area contributed by atoms with E-state index in [9.17, 15) is 4.79 Å². The van der Waals surface area contributed by atoms with E-state index >= 15 is 0 Å². The molecule has 0 spiro atoms. The van der Waals surface area contributed by atoms with Crippen LogP contribution in [-0.2, 0) is 0 Å². The van der Waals surface area contributed by atoms with E-state index in [1.807, 2.05) is 6.92 Å². The summed E-state index contributed by atoms with van der Waals surface area (Å²) in [6.07, 6.45) is 1.57. The molecular formula is C14H21N3O. The molecule has 1 aromatic heterocycles. The van der Waals surface area contributed by atoms with Crippen LogP contribution in [0.5, 0.6) is 0 Å². The van der Waals surface area contributed by atoms with E-state index in [0.29, 0.717) is 16.9 Å². The molecule has 2 rings (SSSR count). The molecule has 0 aromatic carbocycles. The molecule has 1 saturated carbocycles. The first-order valence-corrected chi connectivity index (χ1v) is 6.21. The van der Waals surface area contributed by atoms with E-state index in [2.05, 4.69) is 38.0 Å². The molecule has 1 aliphatic carbocycles. The smallest absolute Gasteiger partial charge is 0.253 e. The Balaban J connectivity index is 2.17. The molecule has 0 atom stereocenters. The highest BCUT2D eigenvalue weighted by Crippen LogP contribution is 2.62. The number of nitrogens with one attached hydrogen (secondary N) is 1. The van der Waals surface area contributed by atoms with Crippen molar-refractivity contribution in [3.63, 3.8) is 0 Å². The van der Waals surface area contributed by atoms with Gasteiger partial charge in [-0.3, -0.25) is 9.78 Å². The van der Waals surface area contributed by atoms with Crippen LogP contribution in [0.4, 0.5) is 5.69 Å². The average molecular weight is 247 g/mol. The largest absolute Gasteiger partial charge is 0.397 e. The van der Waals surface area contributed by atoms with E-state index in [0.717, 1.165) is 0 Å². The van der Waals surface area contributed by atoms with Crippen LogP contribution in [0.1, 0.15) is 43.7 Å². The Bertz CT molecular complexity index is 492. The zero-order valence-electron chi connectivity index (χ0n) is 11.7. The van der Waals surface area contributed by atoms with Gasteiger partial charge in [0, 0.05) is 6.04 Å². The van der Waals surface area contributed by atoms with Gasteiger partial charge in [0.15, 0.2) is 0 Å². The molecule has 3 N–H and O–H groups in total. The fourth-order valence-electron chi connectivity index (χ4n) is 2.55. The first-order chi connectivity index (χ1) is 8.18. The molecule has 1 fully saturated rings. The number of nitrogens with two attached hydrogens (primary N) is 1. The predicted octanol–water partition coefficient (Wildman–Crippen LogP) is 2.14. The molecule has 0 unspecified atom stereocenters. The Hall–Kier alpha value is -1.58. The van der Waals surface area contributed by atoms with Crippen LogP contribution in [0.15, 0.2) is 12.3 Å². The Morgan fingerprint density at radius 3 is 2.39 bits per heavy atom. The van der Waals surface area contributed by atoms with Crippen LogP contribution >= 0.6 is 0 Å². The van der Waals surface area contributed by atoms with E-state index in [1.165, 1.54) is 0 Å². The molecule has 0 bridgehead atoms. The van der Waals surface area contributed by atoms with E-state index in [-0.39, 0.29) is 22.8 Å². The maximum absolute atomic E-state index is 12.2. The standard InChI is InChI=1S/C14H21N3O/c1-8-10(6-9(15)7-16-8)11(18)17-12-13(2,3)14(12,4)5/h6-7,12H,15H2,1-5H3,(H,17,18). The lowest BCUT2D eigenvalue weighted by atomic mass is 10.0. The van der Waals surface area contributed by atoms with Crippen LogP contribution in [0, 0.1) is 17.8 Å². The van der Waals surface area contributed by atoms with Gasteiger partial charge in [0.05, 0.1) is 23.1 Å². The SMILES string of the molecule is Cc1ncc(N)cc1C(=O)NC1C(C)(C)C1(C)C. The van der Waals surface area contributed by atoms with Crippen LogP contribution in [-0.4, -0.2) is 16.9 Å². The summed E-state index contributed by atoms with van der Waals surface area (Å²) >= 11 is 0. The third kappa shape index (κ3) is 1.76. The van der Waals surface area contributed by atoms with Crippen LogP contribution in [0.3, 0.4) is 0 Å². The highest BCUT2D eigenvalue weighted by molar-refractivity contribution is 5.96. The zero-order valence-corrected chi connectivity index (χ0v) is 11.7. The number of amides is 1. The lowest BCUT2D eigenvalue weighted by molar-refractivity contribution is 0.0942. The summed E-state index contributed by atoms with van der Waals surface area (Å²) in [5.41, 5.74) is 7.72. The van der Waals surface area contributed by atoms with Crippen molar-refractivity contribution >= 4 is 11.6 Å². The third-order valence-corrected chi connectivity index (χ3v) is 4.65. The Morgan fingerprint density at radius 2 is 1.89 bits per heavy atom. The van der Waals surface area contributed by atoms with Gasteiger partial charge in [0.1, 0.15) is 0 Å². The minimum absolute atomic E-state index is 0.0871. The molecule has 0 saturated heterocycles. The fraction of sp³-hybridized carbons (Fsp3) is 0.571. The number of carbonyl (C=O) groups is 1. The van der Waals surface area contributed by atoms with Crippen molar-refractivity contribution in [1.29, 1.82) is 0 Å². The lowest BCUT2D eigenvalue weighted by Crippen LogP contribution is -2.30. The normalized spacial score (nSPS) is 20.5. The van der Waals surface area contributed by atoms with Gasteiger partial charge >= 0.3 is 0 Å². The molecule has 98 valence electrons. The topological polar surface area (TPSA) is 68.0 Å². The van der Waals surface area contributed by atoms with Gasteiger partial charge < -0.3 is 11.1 Å². The zero-order chi connectivity index (χ0) is 13.7. The molecule has 1 aromatic rings. The maximum Gasteiger partial charge on any atom is 0.253 e. The van der Waals surface area contributed by atoms with Gasteiger partial charge in [-0.2, -0.15) is 0 Å². The van der Waals surface area contributed by atoms with Crippen molar-refractivity contribution in [1.82, 2.24) is 10.3 Å². The Labute approximate surface area is 108 Å². The number of nitrogens with zero attached hydrogens (tertiary/aromatic N) is 1. The number of carbonyl (C=O) groups excluding carboxylic acids is 1. The summed E-state index contributed by atoms with van der Waals surface area (Å²) in [4.78, 5) is 16.4. The number of hydrogen-bond acceptors (Lipinski definition) is 3. The van der Waals surface area contributed by atoms with Crippen LogP contribution in [0.2, 0.25) is 0 Å².